The molecule has 6 heteroatoms. The number of hydrogen-bond acceptors (Lipinski definition) is 4. The van der Waals surface area contributed by atoms with Gasteiger partial charge in [-0.1, -0.05) is 48.9 Å². The zero-order valence-corrected chi connectivity index (χ0v) is 15.9. The van der Waals surface area contributed by atoms with Crippen molar-refractivity contribution in [2.75, 3.05) is 20.3 Å². The standard InChI is InChI=1S/C20H25ClN2O3/c1-3-15(16-7-5-4-6-8-16)12-23-11-14-9-17(21)20(18(10-14)25-2)26-13-19(22)24/h4-10,15,23H,3,11-13H2,1-2H3,(H2,22,24). The number of halogens is 1. The average Bonchev–Trinajstić information content (AvgIpc) is 2.64. The van der Waals surface area contributed by atoms with Crippen molar-refractivity contribution in [1.29, 1.82) is 0 Å². The third-order valence-electron chi connectivity index (χ3n) is 4.13. The van der Waals surface area contributed by atoms with Gasteiger partial charge in [0.25, 0.3) is 5.91 Å². The molecule has 26 heavy (non-hydrogen) atoms. The lowest BCUT2D eigenvalue weighted by Crippen LogP contribution is -2.21. The lowest BCUT2D eigenvalue weighted by Gasteiger charge is -2.17. The minimum Gasteiger partial charge on any atom is -0.493 e. The van der Waals surface area contributed by atoms with Gasteiger partial charge in [-0.15, -0.1) is 0 Å². The van der Waals surface area contributed by atoms with Crippen molar-refractivity contribution >= 4 is 17.5 Å². The Labute approximate surface area is 159 Å². The summed E-state index contributed by atoms with van der Waals surface area (Å²) in [5.41, 5.74) is 7.41. The molecule has 0 bridgehead atoms. The Kier molecular flexibility index (Phi) is 7.75. The second-order valence-corrected chi connectivity index (χ2v) is 6.42. The largest absolute Gasteiger partial charge is 0.493 e. The molecule has 0 spiro atoms. The van der Waals surface area contributed by atoms with Crippen molar-refractivity contribution in [1.82, 2.24) is 5.32 Å². The highest BCUT2D eigenvalue weighted by molar-refractivity contribution is 6.32. The van der Waals surface area contributed by atoms with Crippen LogP contribution in [0.15, 0.2) is 42.5 Å². The van der Waals surface area contributed by atoms with Gasteiger partial charge in [-0.2, -0.15) is 0 Å². The number of nitrogens with two attached hydrogens (primary N) is 1. The fourth-order valence-electron chi connectivity index (χ4n) is 2.77. The number of primary amides is 1. The van der Waals surface area contributed by atoms with Crippen LogP contribution in [0.2, 0.25) is 5.02 Å². The van der Waals surface area contributed by atoms with Crippen molar-refractivity contribution < 1.29 is 14.3 Å². The van der Waals surface area contributed by atoms with E-state index in [1.807, 2.05) is 12.1 Å². The van der Waals surface area contributed by atoms with Crippen LogP contribution in [0, 0.1) is 0 Å². The number of amides is 1. The Morgan fingerprint density at radius 1 is 1.27 bits per heavy atom. The highest BCUT2D eigenvalue weighted by Crippen LogP contribution is 2.36. The number of benzene rings is 2. The van der Waals surface area contributed by atoms with E-state index < -0.39 is 5.91 Å². The molecule has 140 valence electrons. The maximum atomic E-state index is 10.9. The van der Waals surface area contributed by atoms with E-state index in [2.05, 4.69) is 36.5 Å². The van der Waals surface area contributed by atoms with Crippen LogP contribution in [-0.2, 0) is 11.3 Å². The third-order valence-corrected chi connectivity index (χ3v) is 4.41. The molecule has 0 aliphatic rings. The maximum Gasteiger partial charge on any atom is 0.255 e. The monoisotopic (exact) mass is 376 g/mol. The molecule has 0 saturated heterocycles. The van der Waals surface area contributed by atoms with Crippen LogP contribution in [0.5, 0.6) is 11.5 Å². The summed E-state index contributed by atoms with van der Waals surface area (Å²) in [6.07, 6.45) is 1.06. The second-order valence-electron chi connectivity index (χ2n) is 6.01. The van der Waals surface area contributed by atoms with Gasteiger partial charge in [0.15, 0.2) is 18.1 Å². The summed E-state index contributed by atoms with van der Waals surface area (Å²) in [6, 6.07) is 14.1. The molecular weight excluding hydrogens is 352 g/mol. The zero-order chi connectivity index (χ0) is 18.9. The van der Waals surface area contributed by atoms with Gasteiger partial charge in [-0.25, -0.2) is 0 Å². The third kappa shape index (κ3) is 5.64. The van der Waals surface area contributed by atoms with Crippen molar-refractivity contribution in [2.45, 2.75) is 25.8 Å². The summed E-state index contributed by atoms with van der Waals surface area (Å²) in [6.45, 7) is 3.45. The molecule has 0 saturated carbocycles. The molecular formula is C20H25ClN2O3. The fraction of sp³-hybridized carbons (Fsp3) is 0.350. The number of hydrogen-bond donors (Lipinski definition) is 2. The van der Waals surface area contributed by atoms with E-state index in [0.29, 0.717) is 29.0 Å². The van der Waals surface area contributed by atoms with Crippen molar-refractivity contribution in [3.63, 3.8) is 0 Å². The van der Waals surface area contributed by atoms with Crippen molar-refractivity contribution in [3.05, 3.63) is 58.6 Å². The van der Waals surface area contributed by atoms with Gasteiger partial charge < -0.3 is 20.5 Å². The number of carbonyl (C=O) groups is 1. The van der Waals surface area contributed by atoms with Crippen LogP contribution in [0.4, 0.5) is 0 Å². The van der Waals surface area contributed by atoms with Crippen LogP contribution in [-0.4, -0.2) is 26.2 Å². The average molecular weight is 377 g/mol. The number of methoxy groups -OCH3 is 1. The summed E-state index contributed by atoms with van der Waals surface area (Å²) in [5, 5.41) is 3.86. The van der Waals surface area contributed by atoms with Crippen LogP contribution in [0.25, 0.3) is 0 Å². The topological polar surface area (TPSA) is 73.6 Å². The number of ether oxygens (including phenoxy) is 2. The van der Waals surface area contributed by atoms with Gasteiger partial charge in [0, 0.05) is 13.1 Å². The molecule has 0 aliphatic carbocycles. The van der Waals surface area contributed by atoms with Gasteiger partial charge >= 0.3 is 0 Å². The van der Waals surface area contributed by atoms with E-state index in [4.69, 9.17) is 26.8 Å². The quantitative estimate of drug-likeness (QED) is 0.665. The zero-order valence-electron chi connectivity index (χ0n) is 15.1. The van der Waals surface area contributed by atoms with Crippen molar-refractivity contribution in [2.24, 2.45) is 5.73 Å². The summed E-state index contributed by atoms with van der Waals surface area (Å²) < 4.78 is 10.7. The van der Waals surface area contributed by atoms with Crippen molar-refractivity contribution in [3.8, 4) is 11.5 Å². The van der Waals surface area contributed by atoms with E-state index in [1.165, 1.54) is 12.7 Å². The van der Waals surface area contributed by atoms with Crippen LogP contribution < -0.4 is 20.5 Å². The van der Waals surface area contributed by atoms with Gasteiger partial charge in [-0.3, -0.25) is 4.79 Å². The minimum absolute atomic E-state index is 0.247. The summed E-state index contributed by atoms with van der Waals surface area (Å²) in [7, 11) is 1.53. The molecule has 5 nitrogen and oxygen atoms in total. The molecule has 3 N–H and O–H groups in total. The molecule has 0 radical (unpaired) electrons. The predicted octanol–water partition coefficient (Wildman–Crippen LogP) is 3.50. The SMILES string of the molecule is CCC(CNCc1cc(Cl)c(OCC(N)=O)c(OC)c1)c1ccccc1. The molecule has 0 aromatic heterocycles. The van der Waals surface area contributed by atoms with Gasteiger partial charge in [0.2, 0.25) is 0 Å². The second kappa shape index (κ2) is 10.0. The Balaban J connectivity index is 2.01. The Morgan fingerprint density at radius 2 is 2.00 bits per heavy atom. The minimum atomic E-state index is -0.569. The maximum absolute atomic E-state index is 10.9. The van der Waals surface area contributed by atoms with Gasteiger partial charge in [0.05, 0.1) is 12.1 Å². The molecule has 0 heterocycles. The smallest absolute Gasteiger partial charge is 0.255 e. The number of carbonyl (C=O) groups excluding carboxylic acids is 1. The Bertz CT molecular complexity index is 722. The molecule has 2 aromatic rings. The first-order valence-corrected chi connectivity index (χ1v) is 8.96. The lowest BCUT2D eigenvalue weighted by atomic mass is 9.96. The highest BCUT2D eigenvalue weighted by atomic mass is 35.5. The van der Waals surface area contributed by atoms with E-state index >= 15 is 0 Å². The predicted molar refractivity (Wildman–Crippen MR) is 104 cm³/mol. The van der Waals surface area contributed by atoms with Gasteiger partial charge in [-0.05, 0) is 35.6 Å². The molecule has 2 aromatic carbocycles. The fourth-order valence-corrected chi connectivity index (χ4v) is 3.06. The number of nitrogens with one attached hydrogen (secondary N) is 1. The highest BCUT2D eigenvalue weighted by Gasteiger charge is 2.14. The summed E-state index contributed by atoms with van der Waals surface area (Å²) >= 11 is 6.28. The normalized spacial score (nSPS) is 11.8. The molecule has 2 rings (SSSR count). The first-order chi connectivity index (χ1) is 12.5. The van der Waals surface area contributed by atoms with Crippen LogP contribution in [0.3, 0.4) is 0 Å². The molecule has 0 fully saturated rings. The lowest BCUT2D eigenvalue weighted by molar-refractivity contribution is -0.119. The summed E-state index contributed by atoms with van der Waals surface area (Å²) in [4.78, 5) is 10.9. The van der Waals surface area contributed by atoms with E-state index in [-0.39, 0.29) is 6.61 Å². The van der Waals surface area contributed by atoms with Crippen LogP contribution >= 0.6 is 11.6 Å². The van der Waals surface area contributed by atoms with E-state index in [9.17, 15) is 4.79 Å². The molecule has 1 unspecified atom stereocenters. The van der Waals surface area contributed by atoms with Crippen LogP contribution in [0.1, 0.15) is 30.4 Å². The number of rotatable bonds is 10. The van der Waals surface area contributed by atoms with E-state index in [0.717, 1.165) is 18.5 Å². The van der Waals surface area contributed by atoms with E-state index in [1.54, 1.807) is 6.07 Å². The molecule has 1 atom stereocenters. The first kappa shape index (κ1) is 20.1. The first-order valence-electron chi connectivity index (χ1n) is 8.58. The Hall–Kier alpha value is -2.24. The Morgan fingerprint density at radius 3 is 2.62 bits per heavy atom. The van der Waals surface area contributed by atoms with Gasteiger partial charge in [0.1, 0.15) is 0 Å². The molecule has 1 amide bonds. The summed E-state index contributed by atoms with van der Waals surface area (Å²) in [5.74, 6) is 0.685. The molecule has 0 aliphatic heterocycles.